The molecule has 17 heavy (non-hydrogen) atoms. The van der Waals surface area contributed by atoms with Gasteiger partial charge in [0.2, 0.25) is 0 Å². The first-order valence-corrected chi connectivity index (χ1v) is 5.62. The van der Waals surface area contributed by atoms with E-state index in [1.807, 2.05) is 25.1 Å². The number of nitrogens with zero attached hydrogens (tertiary/aromatic N) is 1. The summed E-state index contributed by atoms with van der Waals surface area (Å²) in [5.74, 6) is 0. The van der Waals surface area contributed by atoms with E-state index in [2.05, 4.69) is 44.2 Å². The lowest BCUT2D eigenvalue weighted by Gasteiger charge is -1.90. The van der Waals surface area contributed by atoms with E-state index >= 15 is 0 Å². The van der Waals surface area contributed by atoms with Crippen LogP contribution in [0.25, 0.3) is 0 Å². The van der Waals surface area contributed by atoms with Crippen molar-refractivity contribution in [3.63, 3.8) is 0 Å². The smallest absolute Gasteiger partial charge is 0.0991 e. The highest BCUT2D eigenvalue weighted by Crippen LogP contribution is 2.01. The molecule has 1 heteroatoms. The van der Waals surface area contributed by atoms with Gasteiger partial charge >= 0.3 is 0 Å². The Hall–Kier alpha value is -2.07. The third-order valence-electron chi connectivity index (χ3n) is 2.32. The van der Waals surface area contributed by atoms with Gasteiger partial charge in [0.15, 0.2) is 0 Å². The fourth-order valence-electron chi connectivity index (χ4n) is 1.52. The monoisotopic (exact) mass is 223 g/mol. The molecule has 0 aliphatic heterocycles. The Balaban J connectivity index is 0.000000171. The molecule has 0 radical (unpaired) electrons. The van der Waals surface area contributed by atoms with Crippen molar-refractivity contribution in [1.29, 1.82) is 5.26 Å². The second kappa shape index (κ2) is 6.50. The zero-order valence-corrected chi connectivity index (χ0v) is 10.6. The van der Waals surface area contributed by atoms with Crippen LogP contribution in [0.3, 0.4) is 0 Å². The lowest BCUT2D eigenvalue weighted by molar-refractivity contribution is 1.39. The zero-order valence-electron chi connectivity index (χ0n) is 10.6. The first-order chi connectivity index (χ1) is 8.11. The lowest BCUT2D eigenvalue weighted by Crippen LogP contribution is -1.73. The van der Waals surface area contributed by atoms with Crippen molar-refractivity contribution < 1.29 is 0 Å². The number of aryl methyl sites for hydroxylation is 3. The topological polar surface area (TPSA) is 23.8 Å². The van der Waals surface area contributed by atoms with Gasteiger partial charge in [-0.3, -0.25) is 0 Å². The van der Waals surface area contributed by atoms with Gasteiger partial charge in [0.25, 0.3) is 0 Å². The third kappa shape index (κ3) is 4.99. The second-order valence-electron chi connectivity index (χ2n) is 4.14. The number of hydrogen-bond acceptors (Lipinski definition) is 1. The van der Waals surface area contributed by atoms with Gasteiger partial charge in [-0.25, -0.2) is 0 Å². The molecule has 0 fully saturated rings. The summed E-state index contributed by atoms with van der Waals surface area (Å²) in [7, 11) is 0. The maximum absolute atomic E-state index is 8.41. The minimum atomic E-state index is 0.731. The molecule has 0 saturated heterocycles. The van der Waals surface area contributed by atoms with Crippen molar-refractivity contribution in [2.24, 2.45) is 0 Å². The molecule has 0 saturated carbocycles. The molecule has 0 aliphatic rings. The Morgan fingerprint density at radius 1 is 0.765 bits per heavy atom. The van der Waals surface area contributed by atoms with Crippen molar-refractivity contribution >= 4 is 0 Å². The largest absolute Gasteiger partial charge is 0.192 e. The van der Waals surface area contributed by atoms with Gasteiger partial charge in [-0.1, -0.05) is 47.5 Å². The Kier molecular flexibility index (Phi) is 4.97. The molecular weight excluding hydrogens is 206 g/mol. The molecule has 0 heterocycles. The summed E-state index contributed by atoms with van der Waals surface area (Å²) in [5, 5.41) is 8.41. The fraction of sp³-hybridized carbons (Fsp3) is 0.188. The van der Waals surface area contributed by atoms with Crippen LogP contribution in [0.2, 0.25) is 0 Å². The summed E-state index contributed by atoms with van der Waals surface area (Å²) in [5.41, 5.74) is 4.54. The number of rotatable bonds is 0. The quantitative estimate of drug-likeness (QED) is 0.657. The van der Waals surface area contributed by atoms with Gasteiger partial charge in [-0.15, -0.1) is 0 Å². The van der Waals surface area contributed by atoms with Crippen molar-refractivity contribution in [1.82, 2.24) is 0 Å². The minimum absolute atomic E-state index is 0.731. The molecule has 86 valence electrons. The van der Waals surface area contributed by atoms with Crippen molar-refractivity contribution in [2.45, 2.75) is 20.8 Å². The van der Waals surface area contributed by atoms with E-state index in [1.54, 1.807) is 6.07 Å². The van der Waals surface area contributed by atoms with Crippen LogP contribution in [0.5, 0.6) is 0 Å². The molecule has 0 N–H and O–H groups in total. The standard InChI is InChI=1S/C8H7N.C8H10/c1-7-3-2-4-8(5-7)6-9;1-7-4-3-5-8(2)6-7/h2-5H,1H3;3-6H,1-2H3. The van der Waals surface area contributed by atoms with Gasteiger partial charge in [0, 0.05) is 0 Å². The van der Waals surface area contributed by atoms with E-state index in [0.717, 1.165) is 11.1 Å². The van der Waals surface area contributed by atoms with Crippen LogP contribution in [0.1, 0.15) is 22.3 Å². The highest BCUT2D eigenvalue weighted by molar-refractivity contribution is 5.31. The first-order valence-electron chi connectivity index (χ1n) is 5.62. The Morgan fingerprint density at radius 2 is 1.24 bits per heavy atom. The second-order valence-corrected chi connectivity index (χ2v) is 4.14. The summed E-state index contributed by atoms with van der Waals surface area (Å²) < 4.78 is 0. The average Bonchev–Trinajstić information content (AvgIpc) is 2.29. The fourth-order valence-corrected chi connectivity index (χ4v) is 1.52. The number of hydrogen-bond donors (Lipinski definition) is 0. The van der Waals surface area contributed by atoms with Crippen LogP contribution in [-0.2, 0) is 0 Å². The summed E-state index contributed by atoms with van der Waals surface area (Å²) in [4.78, 5) is 0. The molecule has 0 amide bonds. The average molecular weight is 223 g/mol. The zero-order chi connectivity index (χ0) is 12.7. The predicted octanol–water partition coefficient (Wildman–Crippen LogP) is 4.17. The molecule has 2 aromatic rings. The van der Waals surface area contributed by atoms with Gasteiger partial charge in [-0.2, -0.15) is 5.26 Å². The maximum Gasteiger partial charge on any atom is 0.0991 e. The Bertz CT molecular complexity index is 504. The van der Waals surface area contributed by atoms with Crippen LogP contribution in [0, 0.1) is 32.1 Å². The van der Waals surface area contributed by atoms with Crippen LogP contribution in [0.4, 0.5) is 0 Å². The van der Waals surface area contributed by atoms with E-state index in [9.17, 15) is 0 Å². The molecule has 0 unspecified atom stereocenters. The Morgan fingerprint density at radius 3 is 1.53 bits per heavy atom. The van der Waals surface area contributed by atoms with E-state index in [4.69, 9.17) is 5.26 Å². The van der Waals surface area contributed by atoms with Gasteiger partial charge in [-0.05, 0) is 38.5 Å². The molecule has 2 rings (SSSR count). The maximum atomic E-state index is 8.41. The van der Waals surface area contributed by atoms with Crippen LogP contribution in [-0.4, -0.2) is 0 Å². The third-order valence-corrected chi connectivity index (χ3v) is 2.32. The molecule has 0 atom stereocenters. The van der Waals surface area contributed by atoms with E-state index in [-0.39, 0.29) is 0 Å². The van der Waals surface area contributed by atoms with E-state index < -0.39 is 0 Å². The van der Waals surface area contributed by atoms with Crippen molar-refractivity contribution in [2.75, 3.05) is 0 Å². The highest BCUT2D eigenvalue weighted by Gasteiger charge is 1.86. The first kappa shape index (κ1) is 13.0. The Labute approximate surface area is 103 Å². The molecule has 0 aromatic heterocycles. The van der Waals surface area contributed by atoms with E-state index in [1.165, 1.54) is 11.1 Å². The number of nitriles is 1. The molecule has 2 aromatic carbocycles. The predicted molar refractivity (Wildman–Crippen MR) is 71.8 cm³/mol. The summed E-state index contributed by atoms with van der Waals surface area (Å²) in [6, 6.07) is 18.0. The van der Waals surface area contributed by atoms with Crippen molar-refractivity contribution in [3.05, 3.63) is 70.8 Å². The summed E-state index contributed by atoms with van der Waals surface area (Å²) in [6.07, 6.45) is 0. The van der Waals surface area contributed by atoms with Crippen LogP contribution in [0.15, 0.2) is 48.5 Å². The van der Waals surface area contributed by atoms with Gasteiger partial charge < -0.3 is 0 Å². The normalized spacial score (nSPS) is 8.82. The molecule has 1 nitrogen and oxygen atoms in total. The van der Waals surface area contributed by atoms with E-state index in [0.29, 0.717) is 0 Å². The minimum Gasteiger partial charge on any atom is -0.192 e. The van der Waals surface area contributed by atoms with Gasteiger partial charge in [0.1, 0.15) is 0 Å². The SMILES string of the molecule is Cc1cccc(C#N)c1.Cc1cccc(C)c1. The van der Waals surface area contributed by atoms with Crippen LogP contribution >= 0.6 is 0 Å². The highest BCUT2D eigenvalue weighted by atomic mass is 14.2. The molecule has 0 bridgehead atoms. The lowest BCUT2D eigenvalue weighted by atomic mass is 10.2. The summed E-state index contributed by atoms with van der Waals surface area (Å²) >= 11 is 0. The summed E-state index contributed by atoms with van der Waals surface area (Å²) in [6.45, 7) is 6.18. The number of benzene rings is 2. The van der Waals surface area contributed by atoms with Crippen molar-refractivity contribution in [3.8, 4) is 6.07 Å². The van der Waals surface area contributed by atoms with Crippen LogP contribution < -0.4 is 0 Å². The molecule has 0 spiro atoms. The van der Waals surface area contributed by atoms with Gasteiger partial charge in [0.05, 0.1) is 11.6 Å². The molecule has 0 aliphatic carbocycles. The molecular formula is C16H17N.